The molecule has 3 amide bonds. The van der Waals surface area contributed by atoms with E-state index in [-0.39, 0.29) is 11.6 Å². The predicted octanol–water partition coefficient (Wildman–Crippen LogP) is 1.69. The van der Waals surface area contributed by atoms with E-state index in [1.807, 2.05) is 0 Å². The van der Waals surface area contributed by atoms with E-state index < -0.39 is 23.5 Å². The monoisotopic (exact) mass is 406 g/mol. The van der Waals surface area contributed by atoms with Gasteiger partial charge in [0.2, 0.25) is 0 Å². The van der Waals surface area contributed by atoms with Crippen molar-refractivity contribution in [3.8, 4) is 5.75 Å². The molecule has 28 heavy (non-hydrogen) atoms. The van der Waals surface area contributed by atoms with Crippen LogP contribution >= 0.6 is 11.6 Å². The molecule has 0 aliphatic heterocycles. The van der Waals surface area contributed by atoms with Gasteiger partial charge < -0.3 is 15.4 Å². The van der Waals surface area contributed by atoms with E-state index in [2.05, 4.69) is 21.2 Å². The Kier molecular flexibility index (Phi) is 7.46. The summed E-state index contributed by atoms with van der Waals surface area (Å²) < 4.78 is 18.5. The minimum absolute atomic E-state index is 0.103. The molecule has 2 aromatic rings. The van der Waals surface area contributed by atoms with Gasteiger partial charge in [0, 0.05) is 12.7 Å². The molecule has 2 aromatic carbocycles. The lowest BCUT2D eigenvalue weighted by molar-refractivity contribution is -0.138. The molecule has 2 rings (SSSR count). The van der Waals surface area contributed by atoms with Gasteiger partial charge in [0.05, 0.1) is 11.2 Å². The first-order valence-corrected chi connectivity index (χ1v) is 8.29. The first kappa shape index (κ1) is 20.8. The van der Waals surface area contributed by atoms with Crippen LogP contribution in [0.3, 0.4) is 0 Å². The quantitative estimate of drug-likeness (QED) is 0.385. The maximum atomic E-state index is 13.1. The topological polar surface area (TPSA) is 109 Å². The summed E-state index contributed by atoms with van der Waals surface area (Å²) in [5.41, 5.74) is 2.97. The van der Waals surface area contributed by atoms with Gasteiger partial charge in [-0.05, 0) is 35.9 Å². The second kappa shape index (κ2) is 10.0. The average molecular weight is 407 g/mol. The highest BCUT2D eigenvalue weighted by Gasteiger charge is 2.09. The molecular formula is C18H16ClFN4O4. The number of halogens is 2. The second-order valence-electron chi connectivity index (χ2n) is 5.32. The van der Waals surface area contributed by atoms with Crippen LogP contribution in [-0.2, 0) is 14.4 Å². The van der Waals surface area contributed by atoms with Gasteiger partial charge in [0.1, 0.15) is 11.6 Å². The van der Waals surface area contributed by atoms with Crippen molar-refractivity contribution in [2.24, 2.45) is 5.10 Å². The standard InChI is InChI=1S/C18H16ClFN4O4/c1-21-17(26)18(27)24-22-9-11-3-2-4-13(7-11)28-10-16(25)23-12-5-6-15(20)14(19)8-12/h2-9H,10H2,1H3,(H,21,26)(H,23,25)(H,24,27)/b22-9-. The van der Waals surface area contributed by atoms with E-state index in [1.54, 1.807) is 24.3 Å². The number of nitrogens with one attached hydrogen (secondary N) is 3. The number of likely N-dealkylation sites (N-methyl/N-ethyl adjacent to an activating group) is 1. The normalized spacial score (nSPS) is 10.4. The summed E-state index contributed by atoms with van der Waals surface area (Å²) in [6, 6.07) is 10.4. The molecule has 0 radical (unpaired) electrons. The Morgan fingerprint density at radius 1 is 1.18 bits per heavy atom. The molecule has 0 aliphatic carbocycles. The van der Waals surface area contributed by atoms with E-state index in [9.17, 15) is 18.8 Å². The molecule has 10 heteroatoms. The Labute approximate surface area is 164 Å². The number of hydrogen-bond donors (Lipinski definition) is 3. The largest absolute Gasteiger partial charge is 0.484 e. The lowest BCUT2D eigenvalue weighted by Gasteiger charge is -2.08. The van der Waals surface area contributed by atoms with Crippen LogP contribution in [0.2, 0.25) is 5.02 Å². The highest BCUT2D eigenvalue weighted by Crippen LogP contribution is 2.19. The number of nitrogens with zero attached hydrogens (tertiary/aromatic N) is 1. The Morgan fingerprint density at radius 2 is 1.96 bits per heavy atom. The van der Waals surface area contributed by atoms with Crippen molar-refractivity contribution in [3.63, 3.8) is 0 Å². The summed E-state index contributed by atoms with van der Waals surface area (Å²) in [6.45, 7) is -0.289. The average Bonchev–Trinajstić information content (AvgIpc) is 2.69. The van der Waals surface area contributed by atoms with Gasteiger partial charge in [-0.1, -0.05) is 23.7 Å². The van der Waals surface area contributed by atoms with Crippen LogP contribution < -0.4 is 20.8 Å². The van der Waals surface area contributed by atoms with Crippen LogP contribution in [0.5, 0.6) is 5.75 Å². The van der Waals surface area contributed by atoms with Gasteiger partial charge in [-0.2, -0.15) is 5.10 Å². The zero-order chi connectivity index (χ0) is 20.5. The highest BCUT2D eigenvalue weighted by molar-refractivity contribution is 6.35. The third-order valence-corrected chi connectivity index (χ3v) is 3.53. The fourth-order valence-electron chi connectivity index (χ4n) is 1.93. The van der Waals surface area contributed by atoms with Gasteiger partial charge in [-0.3, -0.25) is 14.4 Å². The number of rotatable bonds is 6. The molecule has 0 fully saturated rings. The number of benzene rings is 2. The van der Waals surface area contributed by atoms with E-state index in [0.29, 0.717) is 17.0 Å². The van der Waals surface area contributed by atoms with Crippen molar-refractivity contribution >= 4 is 41.2 Å². The Hall–Kier alpha value is -3.46. The number of carbonyl (C=O) groups is 3. The Bertz CT molecular complexity index is 920. The summed E-state index contributed by atoms with van der Waals surface area (Å²) in [6.07, 6.45) is 1.31. The predicted molar refractivity (Wildman–Crippen MR) is 102 cm³/mol. The molecular weight excluding hydrogens is 391 g/mol. The van der Waals surface area contributed by atoms with Crippen molar-refractivity contribution in [3.05, 3.63) is 58.9 Å². The van der Waals surface area contributed by atoms with Crippen molar-refractivity contribution in [1.82, 2.24) is 10.7 Å². The lowest BCUT2D eigenvalue weighted by Crippen LogP contribution is -2.35. The fraction of sp³-hybridized carbons (Fsp3) is 0.111. The van der Waals surface area contributed by atoms with Gasteiger partial charge in [-0.25, -0.2) is 9.82 Å². The summed E-state index contributed by atoms with van der Waals surface area (Å²) in [4.78, 5) is 34.2. The molecule has 146 valence electrons. The third kappa shape index (κ3) is 6.36. The second-order valence-corrected chi connectivity index (χ2v) is 5.72. The third-order valence-electron chi connectivity index (χ3n) is 3.24. The molecule has 0 atom stereocenters. The molecule has 0 saturated heterocycles. The number of hydrazone groups is 1. The molecule has 0 aromatic heterocycles. The van der Waals surface area contributed by atoms with E-state index in [1.165, 1.54) is 25.4 Å². The minimum Gasteiger partial charge on any atom is -0.484 e. The number of ether oxygens (including phenoxy) is 1. The molecule has 0 spiro atoms. The van der Waals surface area contributed by atoms with Crippen LogP contribution in [0.15, 0.2) is 47.6 Å². The molecule has 0 heterocycles. The van der Waals surface area contributed by atoms with Gasteiger partial charge in [0.25, 0.3) is 5.91 Å². The first-order valence-electron chi connectivity index (χ1n) is 7.92. The summed E-state index contributed by atoms with van der Waals surface area (Å²) in [5.74, 6) is -2.37. The van der Waals surface area contributed by atoms with Crippen LogP contribution in [0.4, 0.5) is 10.1 Å². The maximum absolute atomic E-state index is 13.1. The Balaban J connectivity index is 1.88. The number of hydrogen-bond acceptors (Lipinski definition) is 5. The molecule has 8 nitrogen and oxygen atoms in total. The SMILES string of the molecule is CNC(=O)C(=O)N/N=C\c1cccc(OCC(=O)Nc2ccc(F)c(Cl)c2)c1. The number of carbonyl (C=O) groups excluding carboxylic acids is 3. The Morgan fingerprint density at radius 3 is 2.68 bits per heavy atom. The van der Waals surface area contributed by atoms with Gasteiger partial charge >= 0.3 is 11.8 Å². The zero-order valence-corrected chi connectivity index (χ0v) is 15.4. The smallest absolute Gasteiger partial charge is 0.329 e. The van der Waals surface area contributed by atoms with Crippen molar-refractivity contribution < 1.29 is 23.5 Å². The number of anilines is 1. The molecule has 0 saturated carbocycles. The van der Waals surface area contributed by atoms with E-state index in [0.717, 1.165) is 6.07 Å². The molecule has 0 aliphatic rings. The summed E-state index contributed by atoms with van der Waals surface area (Å²) in [5, 5.41) is 8.25. The molecule has 0 unspecified atom stereocenters. The van der Waals surface area contributed by atoms with E-state index >= 15 is 0 Å². The van der Waals surface area contributed by atoms with Crippen molar-refractivity contribution in [2.75, 3.05) is 19.0 Å². The highest BCUT2D eigenvalue weighted by atomic mass is 35.5. The van der Waals surface area contributed by atoms with Crippen LogP contribution in [0, 0.1) is 5.82 Å². The van der Waals surface area contributed by atoms with Crippen LogP contribution in [0.25, 0.3) is 0 Å². The minimum atomic E-state index is -0.899. The maximum Gasteiger partial charge on any atom is 0.329 e. The van der Waals surface area contributed by atoms with Crippen molar-refractivity contribution in [1.29, 1.82) is 0 Å². The van der Waals surface area contributed by atoms with Crippen LogP contribution in [-0.4, -0.2) is 37.6 Å². The fourth-order valence-corrected chi connectivity index (χ4v) is 2.11. The van der Waals surface area contributed by atoms with Crippen LogP contribution in [0.1, 0.15) is 5.56 Å². The lowest BCUT2D eigenvalue weighted by atomic mass is 10.2. The van der Waals surface area contributed by atoms with Gasteiger partial charge in [0.15, 0.2) is 6.61 Å². The molecule has 0 bridgehead atoms. The summed E-state index contributed by atoms with van der Waals surface area (Å²) in [7, 11) is 1.33. The van der Waals surface area contributed by atoms with Crippen molar-refractivity contribution in [2.45, 2.75) is 0 Å². The number of amides is 3. The van der Waals surface area contributed by atoms with E-state index in [4.69, 9.17) is 16.3 Å². The first-order chi connectivity index (χ1) is 13.4. The zero-order valence-electron chi connectivity index (χ0n) is 14.7. The molecule has 3 N–H and O–H groups in total. The summed E-state index contributed by atoms with van der Waals surface area (Å²) >= 11 is 5.66. The van der Waals surface area contributed by atoms with Gasteiger partial charge in [-0.15, -0.1) is 0 Å².